The summed E-state index contributed by atoms with van der Waals surface area (Å²) < 4.78 is 37.6. The number of hydrogen-bond acceptors (Lipinski definition) is 2. The maximum Gasteiger partial charge on any atom is 0.412 e. The van der Waals surface area contributed by atoms with Crippen LogP contribution in [0.25, 0.3) is 0 Å². The molecule has 21 heavy (non-hydrogen) atoms. The highest BCUT2D eigenvalue weighted by molar-refractivity contribution is 5.86. The zero-order valence-electron chi connectivity index (χ0n) is 11.6. The second kappa shape index (κ2) is 5.23. The molecule has 1 atom stereocenters. The number of urea groups is 1. The van der Waals surface area contributed by atoms with E-state index < -0.39 is 29.3 Å². The Morgan fingerprint density at radius 2 is 2.00 bits per heavy atom. The average Bonchev–Trinajstić information content (AvgIpc) is 2.80. The van der Waals surface area contributed by atoms with Gasteiger partial charge in [-0.25, -0.2) is 9.59 Å². The molecule has 2 heterocycles. The molecule has 2 aliphatic rings. The van der Waals surface area contributed by atoms with E-state index in [9.17, 15) is 27.9 Å². The highest BCUT2D eigenvalue weighted by Crippen LogP contribution is 2.33. The number of likely N-dealkylation sites (tertiary alicyclic amines) is 1. The van der Waals surface area contributed by atoms with Crippen molar-refractivity contribution in [2.45, 2.75) is 37.9 Å². The number of amides is 2. The van der Waals surface area contributed by atoms with Crippen molar-refractivity contribution in [1.29, 1.82) is 0 Å². The van der Waals surface area contributed by atoms with Crippen molar-refractivity contribution in [3.8, 4) is 0 Å². The molecule has 2 aliphatic heterocycles. The topological polar surface area (TPSA) is 60.9 Å². The van der Waals surface area contributed by atoms with E-state index in [1.165, 1.54) is 16.7 Å². The quantitative estimate of drug-likeness (QED) is 0.756. The van der Waals surface area contributed by atoms with Crippen molar-refractivity contribution in [2.75, 3.05) is 19.6 Å². The summed E-state index contributed by atoms with van der Waals surface area (Å²) in [6, 6.07) is -0.505. The van der Waals surface area contributed by atoms with Gasteiger partial charge < -0.3 is 14.9 Å². The van der Waals surface area contributed by atoms with Crippen molar-refractivity contribution in [3.63, 3.8) is 0 Å². The predicted molar refractivity (Wildman–Crippen MR) is 67.7 cm³/mol. The average molecular weight is 306 g/mol. The molecule has 0 aromatic rings. The van der Waals surface area contributed by atoms with Crippen molar-refractivity contribution in [1.82, 2.24) is 9.80 Å². The van der Waals surface area contributed by atoms with Crippen molar-refractivity contribution in [3.05, 3.63) is 11.6 Å². The summed E-state index contributed by atoms with van der Waals surface area (Å²) in [4.78, 5) is 26.2. The number of carbonyl (C=O) groups excluding carboxylic acids is 1. The first-order valence-electron chi connectivity index (χ1n) is 6.72. The predicted octanol–water partition coefficient (Wildman–Crippen LogP) is 2.24. The summed E-state index contributed by atoms with van der Waals surface area (Å²) in [6.45, 7) is 1.60. The molecular formula is C13H17F3N2O3. The van der Waals surface area contributed by atoms with Crippen molar-refractivity contribution >= 4 is 12.0 Å². The summed E-state index contributed by atoms with van der Waals surface area (Å²) in [5.41, 5.74) is -1.90. The monoisotopic (exact) mass is 306 g/mol. The summed E-state index contributed by atoms with van der Waals surface area (Å²) in [5, 5.41) is 9.27. The van der Waals surface area contributed by atoms with Crippen LogP contribution in [0.3, 0.4) is 0 Å². The third-order valence-electron chi connectivity index (χ3n) is 4.18. The highest BCUT2D eigenvalue weighted by Gasteiger charge is 2.47. The third-order valence-corrected chi connectivity index (χ3v) is 4.18. The molecule has 0 bridgehead atoms. The van der Waals surface area contributed by atoms with Gasteiger partial charge in [-0.1, -0.05) is 6.08 Å². The van der Waals surface area contributed by atoms with Gasteiger partial charge in [0.1, 0.15) is 5.54 Å². The molecule has 1 saturated heterocycles. The second-order valence-corrected chi connectivity index (χ2v) is 5.54. The van der Waals surface area contributed by atoms with Crippen LogP contribution < -0.4 is 0 Å². The van der Waals surface area contributed by atoms with E-state index in [0.717, 1.165) is 6.08 Å². The minimum absolute atomic E-state index is 0.0453. The first-order chi connectivity index (χ1) is 9.66. The van der Waals surface area contributed by atoms with E-state index in [2.05, 4.69) is 0 Å². The summed E-state index contributed by atoms with van der Waals surface area (Å²) >= 11 is 0. The van der Waals surface area contributed by atoms with Crippen LogP contribution in [0.1, 0.15) is 26.2 Å². The molecule has 1 unspecified atom stereocenters. The molecule has 1 fully saturated rings. The van der Waals surface area contributed by atoms with Crippen LogP contribution in [0.4, 0.5) is 18.0 Å². The van der Waals surface area contributed by atoms with Crippen LogP contribution in [-0.4, -0.2) is 58.3 Å². The lowest BCUT2D eigenvalue weighted by Gasteiger charge is -2.37. The molecule has 8 heteroatoms. The number of carbonyl (C=O) groups is 2. The molecule has 2 amide bonds. The number of alkyl halides is 3. The number of halogens is 3. The van der Waals surface area contributed by atoms with E-state index in [1.807, 2.05) is 0 Å². The van der Waals surface area contributed by atoms with Gasteiger partial charge in [-0.2, -0.15) is 13.2 Å². The van der Waals surface area contributed by atoms with Gasteiger partial charge in [0.15, 0.2) is 0 Å². The Morgan fingerprint density at radius 1 is 1.33 bits per heavy atom. The molecule has 0 aromatic carbocycles. The van der Waals surface area contributed by atoms with Crippen molar-refractivity contribution < 1.29 is 27.9 Å². The van der Waals surface area contributed by atoms with Crippen LogP contribution in [0.15, 0.2) is 11.6 Å². The first kappa shape index (κ1) is 15.7. The minimum atomic E-state index is -4.36. The standard InChI is InChI=1S/C13H17F3N2O3/c1-12(10(19)20)5-2-6-18(12)11(21)17-7-3-9(4-8-17)13(14,15)16/h3H,2,4-8H2,1H3,(H,19,20). The van der Waals surface area contributed by atoms with E-state index in [-0.39, 0.29) is 19.5 Å². The van der Waals surface area contributed by atoms with Gasteiger partial charge in [-0.15, -0.1) is 0 Å². The Kier molecular flexibility index (Phi) is 3.90. The second-order valence-electron chi connectivity index (χ2n) is 5.54. The number of hydrogen-bond donors (Lipinski definition) is 1. The van der Waals surface area contributed by atoms with E-state index in [0.29, 0.717) is 19.4 Å². The molecule has 118 valence electrons. The summed E-state index contributed by atoms with van der Waals surface area (Å²) in [6.07, 6.45) is -2.70. The lowest BCUT2D eigenvalue weighted by Crippen LogP contribution is -2.55. The van der Waals surface area contributed by atoms with Gasteiger partial charge in [0.25, 0.3) is 0 Å². The van der Waals surface area contributed by atoms with Gasteiger partial charge in [-0.05, 0) is 26.2 Å². The van der Waals surface area contributed by atoms with Crippen molar-refractivity contribution in [2.24, 2.45) is 0 Å². The lowest BCUT2D eigenvalue weighted by molar-refractivity contribution is -0.147. The van der Waals surface area contributed by atoms with Crippen LogP contribution in [-0.2, 0) is 4.79 Å². The first-order valence-corrected chi connectivity index (χ1v) is 6.72. The van der Waals surface area contributed by atoms with Crippen LogP contribution in [0.2, 0.25) is 0 Å². The maximum atomic E-state index is 12.5. The molecular weight excluding hydrogens is 289 g/mol. The third kappa shape index (κ3) is 2.84. The normalized spacial score (nSPS) is 26.8. The molecule has 0 spiro atoms. The number of rotatable bonds is 1. The number of nitrogens with zero attached hydrogens (tertiary/aromatic N) is 2. The molecule has 0 aromatic heterocycles. The number of carboxylic acid groups (broad SMARTS) is 1. The van der Waals surface area contributed by atoms with Crippen LogP contribution >= 0.6 is 0 Å². The fraction of sp³-hybridized carbons (Fsp3) is 0.692. The smallest absolute Gasteiger partial charge is 0.412 e. The number of carboxylic acids is 1. The SMILES string of the molecule is CC1(C(=O)O)CCCN1C(=O)N1CC=C(C(F)(F)F)CC1. The molecule has 0 radical (unpaired) electrons. The van der Waals surface area contributed by atoms with Crippen LogP contribution in [0.5, 0.6) is 0 Å². The zero-order valence-corrected chi connectivity index (χ0v) is 11.6. The Hall–Kier alpha value is -1.73. The van der Waals surface area contributed by atoms with E-state index in [1.54, 1.807) is 0 Å². The molecule has 0 aliphatic carbocycles. The van der Waals surface area contributed by atoms with E-state index >= 15 is 0 Å². The Labute approximate surface area is 120 Å². The number of aliphatic carboxylic acids is 1. The van der Waals surface area contributed by atoms with E-state index in [4.69, 9.17) is 0 Å². The highest BCUT2D eigenvalue weighted by atomic mass is 19.4. The molecule has 2 rings (SSSR count). The van der Waals surface area contributed by atoms with Gasteiger partial charge in [0.2, 0.25) is 0 Å². The maximum absolute atomic E-state index is 12.5. The van der Waals surface area contributed by atoms with Crippen LogP contribution in [0, 0.1) is 0 Å². The Morgan fingerprint density at radius 3 is 2.48 bits per heavy atom. The molecule has 0 saturated carbocycles. The van der Waals surface area contributed by atoms with Gasteiger partial charge in [0, 0.05) is 25.2 Å². The fourth-order valence-corrected chi connectivity index (χ4v) is 2.76. The largest absolute Gasteiger partial charge is 0.480 e. The van der Waals surface area contributed by atoms with Gasteiger partial charge in [-0.3, -0.25) is 0 Å². The van der Waals surface area contributed by atoms with Gasteiger partial charge in [0.05, 0.1) is 0 Å². The zero-order chi connectivity index (χ0) is 15.8. The summed E-state index contributed by atoms with van der Waals surface area (Å²) in [7, 11) is 0. The molecule has 5 nitrogen and oxygen atoms in total. The Bertz CT molecular complexity index is 490. The molecule has 1 N–H and O–H groups in total. The minimum Gasteiger partial charge on any atom is -0.480 e. The van der Waals surface area contributed by atoms with Gasteiger partial charge >= 0.3 is 18.2 Å². The summed E-state index contributed by atoms with van der Waals surface area (Å²) in [5.74, 6) is -1.09. The lowest BCUT2D eigenvalue weighted by atomic mass is 9.99. The fourth-order valence-electron chi connectivity index (χ4n) is 2.76. The Balaban J connectivity index is 2.09.